The maximum Gasteiger partial charge on any atom is 0.305 e. The second kappa shape index (κ2) is 26.0. The minimum atomic E-state index is -1.62. The van der Waals surface area contributed by atoms with Crippen LogP contribution in [0, 0.1) is 0 Å². The standard InChI is InChI=1S/C33H62O10/c1-3-5-7-9-11-13-15-17-19-21-28(35)40-24-26(42-33-32(39)31(38)30(37)27(23-34)43-33)25-41-29(36)22-20-18-16-14-12-10-8-6-4-2/h26-27,30-34,37-39H,3-25H2,1-2H3/t27-,30-,31+,32-,33?/m1/s1. The molecule has 1 aliphatic rings. The fourth-order valence-corrected chi connectivity index (χ4v) is 5.17. The number of hydrogen-bond acceptors (Lipinski definition) is 10. The van der Waals surface area contributed by atoms with Crippen molar-refractivity contribution in [3.63, 3.8) is 0 Å². The maximum atomic E-state index is 12.4. The number of aliphatic hydroxyl groups is 4. The molecule has 0 spiro atoms. The van der Waals surface area contributed by atoms with Gasteiger partial charge in [0, 0.05) is 12.8 Å². The van der Waals surface area contributed by atoms with Crippen LogP contribution >= 0.6 is 0 Å². The average Bonchev–Trinajstić information content (AvgIpc) is 3.00. The Morgan fingerprint density at radius 2 is 1.00 bits per heavy atom. The molecule has 0 aliphatic carbocycles. The van der Waals surface area contributed by atoms with Crippen molar-refractivity contribution in [2.75, 3.05) is 19.8 Å². The van der Waals surface area contributed by atoms with Crippen molar-refractivity contribution in [2.45, 2.75) is 179 Å². The van der Waals surface area contributed by atoms with Gasteiger partial charge in [0.1, 0.15) is 43.7 Å². The number of carbonyl (C=O) groups excluding carboxylic acids is 2. The lowest BCUT2D eigenvalue weighted by molar-refractivity contribution is -0.315. The maximum absolute atomic E-state index is 12.4. The number of carbonyl (C=O) groups is 2. The molecule has 1 rings (SSSR count). The molecule has 4 N–H and O–H groups in total. The lowest BCUT2D eigenvalue weighted by atomic mass is 9.99. The van der Waals surface area contributed by atoms with Gasteiger partial charge < -0.3 is 39.4 Å². The van der Waals surface area contributed by atoms with Crippen LogP contribution in [0.15, 0.2) is 0 Å². The Kier molecular flexibility index (Phi) is 24.0. The smallest absolute Gasteiger partial charge is 0.305 e. The molecule has 0 amide bonds. The molecule has 5 atom stereocenters. The molecule has 0 aromatic heterocycles. The molecule has 1 saturated heterocycles. The SMILES string of the molecule is CCCCCCCCCCCC(=O)OCC(COC(=O)CCCCCCCCCCC)OC1O[C@H](CO)[C@@H](O)[C@H](O)[C@H]1O. The Labute approximate surface area is 259 Å². The van der Waals surface area contributed by atoms with Crippen molar-refractivity contribution < 1.29 is 49.0 Å². The van der Waals surface area contributed by atoms with Gasteiger partial charge in [0.15, 0.2) is 6.29 Å². The molecular weight excluding hydrogens is 556 g/mol. The topological polar surface area (TPSA) is 152 Å². The highest BCUT2D eigenvalue weighted by molar-refractivity contribution is 5.69. The van der Waals surface area contributed by atoms with Crippen LogP contribution < -0.4 is 0 Å². The zero-order valence-corrected chi connectivity index (χ0v) is 27.0. The first-order valence-electron chi connectivity index (χ1n) is 17.1. The molecule has 1 unspecified atom stereocenters. The van der Waals surface area contributed by atoms with E-state index in [4.69, 9.17) is 18.9 Å². The first kappa shape index (κ1) is 39.7. The third-order valence-corrected chi connectivity index (χ3v) is 8.00. The number of aliphatic hydroxyl groups excluding tert-OH is 4. The van der Waals surface area contributed by atoms with Gasteiger partial charge in [-0.25, -0.2) is 0 Å². The summed E-state index contributed by atoms with van der Waals surface area (Å²) in [6.45, 7) is 3.33. The molecule has 0 bridgehead atoms. The van der Waals surface area contributed by atoms with Crippen LogP contribution in [-0.4, -0.2) is 89.0 Å². The summed E-state index contributed by atoms with van der Waals surface area (Å²) in [4.78, 5) is 24.7. The van der Waals surface area contributed by atoms with Crippen molar-refractivity contribution in [1.29, 1.82) is 0 Å². The van der Waals surface area contributed by atoms with Crippen LogP contribution in [0.1, 0.15) is 142 Å². The largest absolute Gasteiger partial charge is 0.463 e. The second-order valence-electron chi connectivity index (χ2n) is 12.0. The van der Waals surface area contributed by atoms with Gasteiger partial charge in [0.25, 0.3) is 0 Å². The highest BCUT2D eigenvalue weighted by atomic mass is 16.7. The quantitative estimate of drug-likeness (QED) is 0.0723. The molecule has 0 aromatic carbocycles. The summed E-state index contributed by atoms with van der Waals surface area (Å²) in [7, 11) is 0. The van der Waals surface area contributed by atoms with E-state index < -0.39 is 55.4 Å². The number of ether oxygens (including phenoxy) is 4. The van der Waals surface area contributed by atoms with Crippen molar-refractivity contribution in [1.82, 2.24) is 0 Å². The summed E-state index contributed by atoms with van der Waals surface area (Å²) >= 11 is 0. The molecular formula is C33H62O10. The summed E-state index contributed by atoms with van der Waals surface area (Å²) in [5.41, 5.74) is 0. The molecule has 1 fully saturated rings. The van der Waals surface area contributed by atoms with E-state index in [1.54, 1.807) is 0 Å². The summed E-state index contributed by atoms with van der Waals surface area (Å²) in [6.07, 6.45) is 12.6. The first-order valence-corrected chi connectivity index (χ1v) is 17.1. The molecule has 0 radical (unpaired) electrons. The highest BCUT2D eigenvalue weighted by Crippen LogP contribution is 2.23. The van der Waals surface area contributed by atoms with Crippen molar-refractivity contribution in [3.05, 3.63) is 0 Å². The van der Waals surface area contributed by atoms with Crippen LogP contribution in [0.2, 0.25) is 0 Å². The summed E-state index contributed by atoms with van der Waals surface area (Å²) < 4.78 is 22.0. The second-order valence-corrected chi connectivity index (χ2v) is 12.0. The zero-order chi connectivity index (χ0) is 31.7. The van der Waals surface area contributed by atoms with Crippen molar-refractivity contribution in [3.8, 4) is 0 Å². The van der Waals surface area contributed by atoms with Crippen molar-refractivity contribution in [2.24, 2.45) is 0 Å². The molecule has 10 heteroatoms. The van der Waals surface area contributed by atoms with Gasteiger partial charge in [-0.15, -0.1) is 0 Å². The van der Waals surface area contributed by atoms with Gasteiger partial charge in [-0.3, -0.25) is 9.59 Å². The normalized spacial score (nSPS) is 22.2. The molecule has 1 heterocycles. The van der Waals surface area contributed by atoms with E-state index in [2.05, 4.69) is 13.8 Å². The number of unbranched alkanes of at least 4 members (excludes halogenated alkanes) is 16. The Bertz CT molecular complexity index is 651. The fraction of sp³-hybridized carbons (Fsp3) is 0.939. The van der Waals surface area contributed by atoms with Crippen LogP contribution in [-0.2, 0) is 28.5 Å². The zero-order valence-electron chi connectivity index (χ0n) is 27.0. The van der Waals surface area contributed by atoms with E-state index >= 15 is 0 Å². The number of hydrogen-bond donors (Lipinski definition) is 4. The molecule has 43 heavy (non-hydrogen) atoms. The Morgan fingerprint density at radius 3 is 1.40 bits per heavy atom. The first-order chi connectivity index (χ1) is 20.8. The number of rotatable bonds is 27. The summed E-state index contributed by atoms with van der Waals surface area (Å²) in [5, 5.41) is 40.0. The average molecular weight is 619 g/mol. The van der Waals surface area contributed by atoms with Crippen molar-refractivity contribution >= 4 is 11.9 Å². The van der Waals surface area contributed by atoms with Gasteiger partial charge in [0.2, 0.25) is 0 Å². The lowest BCUT2D eigenvalue weighted by Crippen LogP contribution is -2.60. The third-order valence-electron chi connectivity index (χ3n) is 8.00. The van der Waals surface area contributed by atoms with Gasteiger partial charge in [0.05, 0.1) is 6.61 Å². The van der Waals surface area contributed by atoms with Crippen LogP contribution in [0.25, 0.3) is 0 Å². The van der Waals surface area contributed by atoms with E-state index in [1.165, 1.54) is 64.2 Å². The third kappa shape index (κ3) is 19.0. The minimum absolute atomic E-state index is 0.239. The predicted molar refractivity (Wildman–Crippen MR) is 164 cm³/mol. The van der Waals surface area contributed by atoms with Crippen LogP contribution in [0.4, 0.5) is 0 Å². The van der Waals surface area contributed by atoms with Gasteiger partial charge in [-0.1, -0.05) is 117 Å². The van der Waals surface area contributed by atoms with E-state index in [0.717, 1.165) is 51.4 Å². The van der Waals surface area contributed by atoms with Crippen LogP contribution in [0.3, 0.4) is 0 Å². The Hall–Kier alpha value is -1.30. The van der Waals surface area contributed by atoms with Gasteiger partial charge in [-0.05, 0) is 12.8 Å². The Morgan fingerprint density at radius 1 is 0.605 bits per heavy atom. The van der Waals surface area contributed by atoms with Gasteiger partial charge in [-0.2, -0.15) is 0 Å². The lowest BCUT2D eigenvalue weighted by Gasteiger charge is -2.40. The molecule has 254 valence electrons. The van der Waals surface area contributed by atoms with E-state index in [0.29, 0.717) is 0 Å². The molecule has 1 aliphatic heterocycles. The monoisotopic (exact) mass is 618 g/mol. The minimum Gasteiger partial charge on any atom is -0.463 e. The number of esters is 2. The van der Waals surface area contributed by atoms with Gasteiger partial charge >= 0.3 is 11.9 Å². The molecule has 10 nitrogen and oxygen atoms in total. The summed E-state index contributed by atoms with van der Waals surface area (Å²) in [6, 6.07) is 0. The molecule has 0 saturated carbocycles. The molecule has 0 aromatic rings. The Balaban J connectivity index is 2.46. The predicted octanol–water partition coefficient (Wildman–Crippen LogP) is 5.10. The fourth-order valence-electron chi connectivity index (χ4n) is 5.17. The van der Waals surface area contributed by atoms with E-state index in [-0.39, 0.29) is 26.1 Å². The van der Waals surface area contributed by atoms with Crippen LogP contribution in [0.5, 0.6) is 0 Å². The van der Waals surface area contributed by atoms with E-state index in [1.807, 2.05) is 0 Å². The highest BCUT2D eigenvalue weighted by Gasteiger charge is 2.45. The van der Waals surface area contributed by atoms with E-state index in [9.17, 15) is 30.0 Å². The summed E-state index contributed by atoms with van der Waals surface area (Å²) in [5.74, 6) is -0.794.